The van der Waals surface area contributed by atoms with Gasteiger partial charge in [-0.15, -0.1) is 0 Å². The van der Waals surface area contributed by atoms with E-state index in [-0.39, 0.29) is 37.6 Å². The zero-order chi connectivity index (χ0) is 17.3. The fourth-order valence-corrected chi connectivity index (χ4v) is 2.71. The van der Waals surface area contributed by atoms with Crippen LogP contribution in [0.5, 0.6) is 0 Å². The summed E-state index contributed by atoms with van der Waals surface area (Å²) in [5.41, 5.74) is 5.73. The quantitative estimate of drug-likeness (QED) is 0.400. The lowest BCUT2D eigenvalue weighted by molar-refractivity contribution is -0.161. The van der Waals surface area contributed by atoms with Gasteiger partial charge >= 0.3 is 5.97 Å². The Morgan fingerprint density at radius 3 is 2.61 bits per heavy atom. The highest BCUT2D eigenvalue weighted by Gasteiger charge is 2.49. The maximum atomic E-state index is 11.9. The number of carboxylic acid groups (broad SMARTS) is 1. The van der Waals surface area contributed by atoms with E-state index < -0.39 is 36.0 Å². The van der Waals surface area contributed by atoms with E-state index >= 15 is 0 Å². The molecule has 0 aromatic heterocycles. The van der Waals surface area contributed by atoms with Gasteiger partial charge in [0, 0.05) is 19.0 Å². The van der Waals surface area contributed by atoms with Gasteiger partial charge in [0.1, 0.15) is 6.23 Å². The normalized spacial score (nSPS) is 27.2. The van der Waals surface area contributed by atoms with E-state index in [0.29, 0.717) is 0 Å². The molecule has 23 heavy (non-hydrogen) atoms. The number of amides is 2. The van der Waals surface area contributed by atoms with Crippen molar-refractivity contribution in [1.29, 1.82) is 0 Å². The number of carbonyl (C=O) groups is 3. The van der Waals surface area contributed by atoms with Gasteiger partial charge in [0.2, 0.25) is 11.8 Å². The Labute approximate surface area is 133 Å². The molecule has 9 nitrogen and oxygen atoms in total. The van der Waals surface area contributed by atoms with Crippen LogP contribution in [0.25, 0.3) is 0 Å². The van der Waals surface area contributed by atoms with Crippen molar-refractivity contribution in [2.24, 2.45) is 17.6 Å². The fourth-order valence-electron chi connectivity index (χ4n) is 2.71. The SMILES string of the molecule is CC(C)[C@H](N)C(=O)NC[C@H]([C@H]1CN2C(=O)C[C@H]2O1)[C@@H](O)C(=O)O. The number of nitrogens with one attached hydrogen (secondary N) is 1. The Balaban J connectivity index is 1.99. The van der Waals surface area contributed by atoms with Gasteiger partial charge in [-0.05, 0) is 5.92 Å². The molecule has 0 aromatic rings. The number of nitrogens with zero attached hydrogens (tertiary/aromatic N) is 1. The predicted molar refractivity (Wildman–Crippen MR) is 77.9 cm³/mol. The number of hydrogen-bond donors (Lipinski definition) is 4. The van der Waals surface area contributed by atoms with Crippen LogP contribution in [-0.4, -0.2) is 70.5 Å². The van der Waals surface area contributed by atoms with Crippen molar-refractivity contribution in [1.82, 2.24) is 10.2 Å². The molecule has 0 spiro atoms. The lowest BCUT2D eigenvalue weighted by atomic mass is 9.94. The second kappa shape index (κ2) is 6.81. The molecule has 5 atom stereocenters. The highest BCUT2D eigenvalue weighted by molar-refractivity contribution is 5.83. The number of fused-ring (bicyclic) bond motifs is 1. The van der Waals surface area contributed by atoms with Gasteiger partial charge in [0.15, 0.2) is 6.10 Å². The summed E-state index contributed by atoms with van der Waals surface area (Å²) in [4.78, 5) is 35.9. The number of aliphatic carboxylic acids is 1. The first kappa shape index (κ1) is 17.6. The van der Waals surface area contributed by atoms with Crippen LogP contribution in [0.1, 0.15) is 20.3 Å². The number of aliphatic hydroxyl groups excluding tert-OH is 1. The number of carboxylic acids is 1. The van der Waals surface area contributed by atoms with Gasteiger partial charge in [-0.2, -0.15) is 0 Å². The molecule has 130 valence electrons. The van der Waals surface area contributed by atoms with E-state index in [9.17, 15) is 19.5 Å². The summed E-state index contributed by atoms with van der Waals surface area (Å²) >= 11 is 0. The molecule has 2 rings (SSSR count). The number of aliphatic hydroxyl groups is 1. The zero-order valence-corrected chi connectivity index (χ0v) is 13.1. The fraction of sp³-hybridized carbons (Fsp3) is 0.786. The molecule has 5 N–H and O–H groups in total. The van der Waals surface area contributed by atoms with Crippen molar-refractivity contribution in [3.63, 3.8) is 0 Å². The largest absolute Gasteiger partial charge is 0.479 e. The molecule has 9 heteroatoms. The standard InChI is InChI=1S/C14H23N3O6/c1-6(2)11(15)13(20)16-4-7(12(19)14(21)22)8-5-17-9(18)3-10(17)23-8/h6-8,10-12,19H,3-5,15H2,1-2H3,(H,16,20)(H,21,22)/t7-,8-,10-,11+,12-/m1/s1. The Bertz CT molecular complexity index is 497. The highest BCUT2D eigenvalue weighted by Crippen LogP contribution is 2.32. The lowest BCUT2D eigenvalue weighted by Gasteiger charge is -2.31. The van der Waals surface area contributed by atoms with Crippen LogP contribution in [0.4, 0.5) is 0 Å². The molecular formula is C14H23N3O6. The summed E-state index contributed by atoms with van der Waals surface area (Å²) in [5, 5.41) is 21.5. The predicted octanol–water partition coefficient (Wildman–Crippen LogP) is -1.90. The minimum Gasteiger partial charge on any atom is -0.479 e. The topological polar surface area (TPSA) is 142 Å². The minimum absolute atomic E-state index is 0.0630. The van der Waals surface area contributed by atoms with Crippen molar-refractivity contribution in [3.05, 3.63) is 0 Å². The van der Waals surface area contributed by atoms with Crippen LogP contribution in [0.15, 0.2) is 0 Å². The van der Waals surface area contributed by atoms with Crippen LogP contribution in [-0.2, 0) is 19.1 Å². The maximum absolute atomic E-state index is 11.9. The summed E-state index contributed by atoms with van der Waals surface area (Å²) in [7, 11) is 0. The minimum atomic E-state index is -1.70. The molecule has 2 amide bonds. The molecule has 2 heterocycles. The molecule has 0 bridgehead atoms. The van der Waals surface area contributed by atoms with Gasteiger partial charge in [0.25, 0.3) is 0 Å². The van der Waals surface area contributed by atoms with Crippen molar-refractivity contribution < 1.29 is 29.3 Å². The first-order valence-corrected chi connectivity index (χ1v) is 7.61. The number of nitrogens with two attached hydrogens (primary N) is 1. The second-order valence-corrected chi connectivity index (χ2v) is 6.34. The average Bonchev–Trinajstić information content (AvgIpc) is 2.83. The Kier molecular flexibility index (Phi) is 5.23. The van der Waals surface area contributed by atoms with Crippen molar-refractivity contribution in [2.75, 3.05) is 13.1 Å². The van der Waals surface area contributed by atoms with E-state index in [0.717, 1.165) is 0 Å². The van der Waals surface area contributed by atoms with Crippen molar-refractivity contribution >= 4 is 17.8 Å². The third-order valence-corrected chi connectivity index (χ3v) is 4.39. The maximum Gasteiger partial charge on any atom is 0.332 e. The molecule has 0 unspecified atom stereocenters. The van der Waals surface area contributed by atoms with E-state index in [4.69, 9.17) is 15.6 Å². The van der Waals surface area contributed by atoms with Crippen LogP contribution >= 0.6 is 0 Å². The molecule has 0 aliphatic carbocycles. The summed E-state index contributed by atoms with van der Waals surface area (Å²) in [6.45, 7) is 3.71. The summed E-state index contributed by atoms with van der Waals surface area (Å²) in [6.07, 6.45) is -2.45. The molecule has 2 aliphatic rings. The Morgan fingerprint density at radius 2 is 2.13 bits per heavy atom. The lowest BCUT2D eigenvalue weighted by Crippen LogP contribution is -2.50. The Morgan fingerprint density at radius 1 is 1.48 bits per heavy atom. The van der Waals surface area contributed by atoms with Gasteiger partial charge < -0.3 is 30.9 Å². The van der Waals surface area contributed by atoms with E-state index in [1.807, 2.05) is 0 Å². The summed E-state index contributed by atoms with van der Waals surface area (Å²) < 4.78 is 5.60. The monoisotopic (exact) mass is 329 g/mol. The number of hydrogen-bond acceptors (Lipinski definition) is 6. The van der Waals surface area contributed by atoms with Crippen LogP contribution in [0.2, 0.25) is 0 Å². The zero-order valence-electron chi connectivity index (χ0n) is 13.1. The summed E-state index contributed by atoms with van der Waals surface area (Å²) in [5.74, 6) is -2.82. The Hall–Kier alpha value is -1.71. The molecule has 2 saturated heterocycles. The smallest absolute Gasteiger partial charge is 0.332 e. The van der Waals surface area contributed by atoms with Crippen LogP contribution in [0, 0.1) is 11.8 Å². The molecular weight excluding hydrogens is 306 g/mol. The van der Waals surface area contributed by atoms with Crippen molar-refractivity contribution in [3.8, 4) is 0 Å². The third kappa shape index (κ3) is 3.62. The molecule has 2 aliphatic heterocycles. The number of β-lactam (4-membered cyclic amide) rings is 1. The van der Waals surface area contributed by atoms with Gasteiger partial charge in [-0.1, -0.05) is 13.8 Å². The molecule has 0 radical (unpaired) electrons. The second-order valence-electron chi connectivity index (χ2n) is 6.34. The van der Waals surface area contributed by atoms with Crippen LogP contribution < -0.4 is 11.1 Å². The number of rotatable bonds is 7. The summed E-state index contributed by atoms with van der Waals surface area (Å²) in [6, 6.07) is -0.719. The van der Waals surface area contributed by atoms with E-state index in [1.165, 1.54) is 4.90 Å². The van der Waals surface area contributed by atoms with Gasteiger partial charge in [-0.25, -0.2) is 4.79 Å². The third-order valence-electron chi connectivity index (χ3n) is 4.39. The first-order valence-electron chi connectivity index (χ1n) is 7.61. The van der Waals surface area contributed by atoms with Crippen LogP contribution in [0.3, 0.4) is 0 Å². The molecule has 0 aromatic carbocycles. The number of carbonyl (C=O) groups excluding carboxylic acids is 2. The van der Waals surface area contributed by atoms with E-state index in [1.54, 1.807) is 13.8 Å². The number of ether oxygens (including phenoxy) is 1. The molecule has 2 fully saturated rings. The van der Waals surface area contributed by atoms with Gasteiger partial charge in [-0.3, -0.25) is 9.59 Å². The average molecular weight is 329 g/mol. The molecule has 0 saturated carbocycles. The highest BCUT2D eigenvalue weighted by atomic mass is 16.5. The van der Waals surface area contributed by atoms with E-state index in [2.05, 4.69) is 5.32 Å². The first-order chi connectivity index (χ1) is 10.7. The van der Waals surface area contributed by atoms with Gasteiger partial charge in [0.05, 0.1) is 18.6 Å². The van der Waals surface area contributed by atoms with Crippen molar-refractivity contribution in [2.45, 2.75) is 44.7 Å².